The van der Waals surface area contributed by atoms with Gasteiger partial charge in [0, 0.05) is 0 Å². The summed E-state index contributed by atoms with van der Waals surface area (Å²) in [6.07, 6.45) is -8.46. The summed E-state index contributed by atoms with van der Waals surface area (Å²) in [6, 6.07) is 0. The Morgan fingerprint density at radius 2 is 0.654 bits per heavy atom. The third kappa shape index (κ3) is 6.30. The Bertz CT molecular complexity index is 306. The van der Waals surface area contributed by atoms with Gasteiger partial charge in [0.15, 0.2) is 0 Å². The summed E-state index contributed by atoms with van der Waals surface area (Å²) >= 11 is 0. The number of rotatable bonds is 4. The molecule has 0 aromatic carbocycles. The highest BCUT2D eigenvalue weighted by Crippen LogP contribution is 2.15. The fraction of sp³-hybridized carbons (Fsp3) is 1.00. The molecule has 2 aliphatic rings. The predicted octanol–water partition coefficient (Wildman–Crippen LogP) is -5.13. The second-order valence-electron chi connectivity index (χ2n) is 5.75. The molecule has 0 aromatic heterocycles. The van der Waals surface area contributed by atoms with E-state index in [0.29, 0.717) is 0 Å². The summed E-state index contributed by atoms with van der Waals surface area (Å²) in [7, 11) is 0. The second-order valence-corrected chi connectivity index (χ2v) is 5.75. The van der Waals surface area contributed by atoms with E-state index >= 15 is 0 Å². The van der Waals surface area contributed by atoms with Gasteiger partial charge in [-0.1, -0.05) is 0 Å². The first-order valence-electron chi connectivity index (χ1n) is 8.03. The lowest BCUT2D eigenvalue weighted by atomic mass is 10.0. The largest absolute Gasteiger partial charge is 0.394 e. The van der Waals surface area contributed by atoms with Crippen molar-refractivity contribution in [2.75, 3.05) is 40.0 Å². The minimum absolute atomic E-state index is 0.162. The van der Waals surface area contributed by atoms with Crippen molar-refractivity contribution in [2.24, 2.45) is 0 Å². The third-order valence-electron chi connectivity index (χ3n) is 4.07. The summed E-state index contributed by atoms with van der Waals surface area (Å²) in [6.45, 7) is -1.94. The van der Waals surface area contributed by atoms with Gasteiger partial charge in [0.1, 0.15) is 62.4 Å². The van der Waals surface area contributed by atoms with Gasteiger partial charge in [-0.3, -0.25) is 0 Å². The van der Waals surface area contributed by atoms with Gasteiger partial charge in [0.25, 0.3) is 0 Å². The Morgan fingerprint density at radius 1 is 0.462 bits per heavy atom. The van der Waals surface area contributed by atoms with Crippen LogP contribution < -0.4 is 0 Å². The monoisotopic (exact) mass is 388 g/mol. The molecule has 2 rings (SSSR count). The van der Waals surface area contributed by atoms with E-state index in [-0.39, 0.29) is 13.6 Å². The average Bonchev–Trinajstić information content (AvgIpc) is 2.88. The van der Waals surface area contributed by atoms with E-state index in [1.165, 1.54) is 0 Å². The third-order valence-corrected chi connectivity index (χ3v) is 4.07. The summed E-state index contributed by atoms with van der Waals surface area (Å²) in [5.41, 5.74) is 0. The standard InChI is InChI=1S/2C7H14O6/c2*8-1-4-6(10)7(11)5(2-9)13-3-12-4/h2*4-11H,1-3H2/t2*4-,5-,6-,7-/m11/s1. The molecule has 12 nitrogen and oxygen atoms in total. The molecule has 0 bridgehead atoms. The van der Waals surface area contributed by atoms with Crippen LogP contribution in [0.2, 0.25) is 0 Å². The molecule has 2 fully saturated rings. The van der Waals surface area contributed by atoms with Crippen LogP contribution in [-0.4, -0.2) is 130 Å². The fourth-order valence-corrected chi connectivity index (χ4v) is 2.35. The van der Waals surface area contributed by atoms with Crippen molar-refractivity contribution in [3.05, 3.63) is 0 Å². The van der Waals surface area contributed by atoms with Crippen LogP contribution in [0.15, 0.2) is 0 Å². The number of hydrogen-bond donors (Lipinski definition) is 8. The lowest BCUT2D eigenvalue weighted by Gasteiger charge is -2.23. The number of hydrogen-bond acceptors (Lipinski definition) is 12. The van der Waals surface area contributed by atoms with Crippen LogP contribution in [0.25, 0.3) is 0 Å². The van der Waals surface area contributed by atoms with Gasteiger partial charge >= 0.3 is 0 Å². The fourth-order valence-electron chi connectivity index (χ4n) is 2.35. The average molecular weight is 388 g/mol. The molecule has 26 heavy (non-hydrogen) atoms. The maximum absolute atomic E-state index is 9.39. The van der Waals surface area contributed by atoms with Gasteiger partial charge in [-0.25, -0.2) is 0 Å². The first-order chi connectivity index (χ1) is 12.4. The first kappa shape index (κ1) is 23.6. The molecule has 0 radical (unpaired) electrons. The van der Waals surface area contributed by atoms with Crippen molar-refractivity contribution < 1.29 is 59.8 Å². The van der Waals surface area contributed by atoms with Gasteiger partial charge in [-0.05, 0) is 0 Å². The molecule has 0 unspecified atom stereocenters. The zero-order chi connectivity index (χ0) is 19.7. The van der Waals surface area contributed by atoms with E-state index in [4.69, 9.17) is 39.4 Å². The second kappa shape index (κ2) is 12.1. The minimum Gasteiger partial charge on any atom is -0.394 e. The minimum atomic E-state index is -1.25. The first-order valence-corrected chi connectivity index (χ1v) is 8.03. The Morgan fingerprint density at radius 3 is 0.808 bits per heavy atom. The van der Waals surface area contributed by atoms with Crippen LogP contribution in [-0.2, 0) is 18.9 Å². The van der Waals surface area contributed by atoms with E-state index in [9.17, 15) is 20.4 Å². The van der Waals surface area contributed by atoms with Crippen LogP contribution in [0.4, 0.5) is 0 Å². The molecule has 2 heterocycles. The molecular weight excluding hydrogens is 360 g/mol. The summed E-state index contributed by atoms with van der Waals surface area (Å²) in [4.78, 5) is 0. The highest BCUT2D eigenvalue weighted by Gasteiger charge is 2.36. The lowest BCUT2D eigenvalue weighted by molar-refractivity contribution is -0.123. The lowest BCUT2D eigenvalue weighted by Crippen LogP contribution is -2.45. The molecular formula is C14H28O12. The van der Waals surface area contributed by atoms with Crippen molar-refractivity contribution in [2.45, 2.75) is 48.8 Å². The quantitative estimate of drug-likeness (QED) is 0.228. The van der Waals surface area contributed by atoms with E-state index in [1.807, 2.05) is 0 Å². The summed E-state index contributed by atoms with van der Waals surface area (Å²) < 4.78 is 19.5. The topological polar surface area (TPSA) is 199 Å². The molecule has 0 saturated carbocycles. The van der Waals surface area contributed by atoms with Gasteiger partial charge in [0.05, 0.1) is 26.4 Å². The molecule has 8 N–H and O–H groups in total. The van der Waals surface area contributed by atoms with Crippen molar-refractivity contribution >= 4 is 0 Å². The van der Waals surface area contributed by atoms with Crippen LogP contribution in [0.5, 0.6) is 0 Å². The van der Waals surface area contributed by atoms with Crippen molar-refractivity contribution in [1.82, 2.24) is 0 Å². The molecule has 2 aliphatic heterocycles. The normalized spacial score (nSPS) is 41.5. The maximum Gasteiger partial charge on any atom is 0.147 e. The molecule has 0 spiro atoms. The van der Waals surface area contributed by atoms with Crippen LogP contribution >= 0.6 is 0 Å². The van der Waals surface area contributed by atoms with Gasteiger partial charge in [-0.2, -0.15) is 0 Å². The maximum atomic E-state index is 9.39. The zero-order valence-electron chi connectivity index (χ0n) is 14.1. The number of ether oxygens (including phenoxy) is 4. The van der Waals surface area contributed by atoms with E-state index in [2.05, 4.69) is 0 Å². The van der Waals surface area contributed by atoms with Gasteiger partial charge < -0.3 is 59.8 Å². The van der Waals surface area contributed by atoms with Crippen molar-refractivity contribution in [1.29, 1.82) is 0 Å². The van der Waals surface area contributed by atoms with Gasteiger partial charge in [-0.15, -0.1) is 0 Å². The summed E-state index contributed by atoms with van der Waals surface area (Å²) in [5.74, 6) is 0. The highest BCUT2D eigenvalue weighted by atomic mass is 16.7. The van der Waals surface area contributed by atoms with E-state index in [0.717, 1.165) is 0 Å². The Kier molecular flexibility index (Phi) is 10.9. The Labute approximate surface area is 149 Å². The number of aliphatic hydroxyl groups is 8. The Hall–Kier alpha value is -0.480. The Balaban J connectivity index is 0.000000260. The van der Waals surface area contributed by atoms with E-state index < -0.39 is 75.3 Å². The van der Waals surface area contributed by atoms with Crippen LogP contribution in [0.1, 0.15) is 0 Å². The molecule has 12 heteroatoms. The van der Waals surface area contributed by atoms with E-state index in [1.54, 1.807) is 0 Å². The molecule has 0 aliphatic carbocycles. The zero-order valence-corrected chi connectivity index (χ0v) is 14.1. The molecule has 8 atom stereocenters. The van der Waals surface area contributed by atoms with Crippen molar-refractivity contribution in [3.8, 4) is 0 Å². The van der Waals surface area contributed by atoms with Crippen LogP contribution in [0, 0.1) is 0 Å². The SMILES string of the molecule is OC[C@H]1OCO[C@H](CO)[C@@H](O)[C@@H]1O.OC[C@H]1OCO[C@H](CO)[C@@H](O)[C@@H]1O. The van der Waals surface area contributed by atoms with Gasteiger partial charge in [0.2, 0.25) is 0 Å². The van der Waals surface area contributed by atoms with Crippen molar-refractivity contribution in [3.63, 3.8) is 0 Å². The van der Waals surface area contributed by atoms with Crippen LogP contribution in [0.3, 0.4) is 0 Å². The molecule has 0 amide bonds. The predicted molar refractivity (Wildman–Crippen MR) is 81.6 cm³/mol. The smallest absolute Gasteiger partial charge is 0.147 e. The molecule has 2 saturated heterocycles. The number of aliphatic hydroxyl groups excluding tert-OH is 8. The summed E-state index contributed by atoms with van der Waals surface area (Å²) in [5, 5.41) is 72.6. The molecule has 0 aromatic rings. The molecule has 156 valence electrons. The highest BCUT2D eigenvalue weighted by molar-refractivity contribution is 4.84.